The number of anilines is 1. The Morgan fingerprint density at radius 3 is 2.57 bits per heavy atom. The summed E-state index contributed by atoms with van der Waals surface area (Å²) in [5, 5.41) is 3.79. The van der Waals surface area contributed by atoms with Crippen molar-refractivity contribution in [2.75, 3.05) is 5.32 Å². The van der Waals surface area contributed by atoms with Gasteiger partial charge < -0.3 is 5.32 Å². The molecule has 21 heavy (non-hydrogen) atoms. The van der Waals surface area contributed by atoms with Gasteiger partial charge in [-0.3, -0.25) is 4.79 Å². The first-order valence-corrected chi connectivity index (χ1v) is 7.63. The molecule has 1 unspecified atom stereocenters. The molecule has 0 fully saturated rings. The van der Waals surface area contributed by atoms with Crippen molar-refractivity contribution >= 4 is 34.8 Å². The predicted octanol–water partition coefficient (Wildman–Crippen LogP) is 5.76. The zero-order valence-corrected chi connectivity index (χ0v) is 13.5. The van der Waals surface area contributed by atoms with Crippen molar-refractivity contribution in [2.24, 2.45) is 0 Å². The van der Waals surface area contributed by atoms with Crippen LogP contribution in [0, 0.1) is 0 Å². The van der Waals surface area contributed by atoms with Crippen LogP contribution in [-0.4, -0.2) is 5.91 Å². The summed E-state index contributed by atoms with van der Waals surface area (Å²) < 4.78 is 0. The third-order valence-electron chi connectivity index (χ3n) is 3.53. The molecule has 0 aliphatic rings. The van der Waals surface area contributed by atoms with Crippen LogP contribution < -0.4 is 5.32 Å². The van der Waals surface area contributed by atoms with Crippen LogP contribution in [0.3, 0.4) is 0 Å². The monoisotopic (exact) mass is 321 g/mol. The fourth-order valence-corrected chi connectivity index (χ4v) is 2.62. The van der Waals surface area contributed by atoms with E-state index in [-0.39, 0.29) is 5.91 Å². The van der Waals surface area contributed by atoms with Crippen molar-refractivity contribution in [3.05, 3.63) is 63.6 Å². The molecule has 0 bridgehead atoms. The van der Waals surface area contributed by atoms with Gasteiger partial charge in [-0.15, -0.1) is 0 Å². The Labute approximate surface area is 135 Å². The molecule has 2 nitrogen and oxygen atoms in total. The SMILES string of the molecule is CCC(C)c1ccccc1NC(=O)c1ccc(Cl)cc1Cl. The van der Waals surface area contributed by atoms with E-state index in [9.17, 15) is 4.79 Å². The van der Waals surface area contributed by atoms with Gasteiger partial charge in [0.25, 0.3) is 5.91 Å². The quantitative estimate of drug-likeness (QED) is 0.762. The maximum absolute atomic E-state index is 12.4. The lowest BCUT2D eigenvalue weighted by atomic mass is 9.97. The first kappa shape index (κ1) is 15.9. The molecule has 0 heterocycles. The van der Waals surface area contributed by atoms with E-state index in [2.05, 4.69) is 19.2 Å². The lowest BCUT2D eigenvalue weighted by Gasteiger charge is -2.16. The third kappa shape index (κ3) is 3.78. The van der Waals surface area contributed by atoms with Gasteiger partial charge in [0.2, 0.25) is 0 Å². The van der Waals surface area contributed by atoms with Crippen LogP contribution in [0.5, 0.6) is 0 Å². The molecule has 0 aliphatic heterocycles. The highest BCUT2D eigenvalue weighted by Gasteiger charge is 2.14. The number of carbonyl (C=O) groups is 1. The standard InChI is InChI=1S/C17H17Cl2NO/c1-3-11(2)13-6-4-5-7-16(13)20-17(21)14-9-8-12(18)10-15(14)19/h4-11H,3H2,1-2H3,(H,20,21). The summed E-state index contributed by atoms with van der Waals surface area (Å²) in [5.74, 6) is 0.148. The molecular formula is C17H17Cl2NO. The fourth-order valence-electron chi connectivity index (χ4n) is 2.12. The number of rotatable bonds is 4. The lowest BCUT2D eigenvalue weighted by Crippen LogP contribution is -2.14. The Morgan fingerprint density at radius 2 is 1.90 bits per heavy atom. The van der Waals surface area contributed by atoms with E-state index < -0.39 is 0 Å². The number of nitrogens with one attached hydrogen (secondary N) is 1. The first-order valence-electron chi connectivity index (χ1n) is 6.88. The van der Waals surface area contributed by atoms with Crippen molar-refractivity contribution in [3.63, 3.8) is 0 Å². The van der Waals surface area contributed by atoms with Crippen molar-refractivity contribution in [2.45, 2.75) is 26.2 Å². The van der Waals surface area contributed by atoms with Gasteiger partial charge in [0, 0.05) is 10.7 Å². The average Bonchev–Trinajstić information content (AvgIpc) is 2.46. The Kier molecular flexibility index (Phi) is 5.27. The van der Waals surface area contributed by atoms with Gasteiger partial charge in [0.05, 0.1) is 10.6 Å². The minimum Gasteiger partial charge on any atom is -0.322 e. The molecule has 0 aromatic heterocycles. The van der Waals surface area contributed by atoms with Gasteiger partial charge in [-0.25, -0.2) is 0 Å². The molecular weight excluding hydrogens is 305 g/mol. The third-order valence-corrected chi connectivity index (χ3v) is 4.08. The first-order chi connectivity index (χ1) is 10.0. The topological polar surface area (TPSA) is 29.1 Å². The molecule has 0 saturated carbocycles. The van der Waals surface area contributed by atoms with Gasteiger partial charge in [-0.2, -0.15) is 0 Å². The minimum absolute atomic E-state index is 0.229. The smallest absolute Gasteiger partial charge is 0.257 e. The predicted molar refractivity (Wildman–Crippen MR) is 89.6 cm³/mol. The number of amides is 1. The van der Waals surface area contributed by atoms with Crippen molar-refractivity contribution in [1.29, 1.82) is 0 Å². The highest BCUT2D eigenvalue weighted by atomic mass is 35.5. The van der Waals surface area contributed by atoms with E-state index in [1.54, 1.807) is 18.2 Å². The maximum Gasteiger partial charge on any atom is 0.257 e. The molecule has 0 radical (unpaired) electrons. The molecule has 1 atom stereocenters. The largest absolute Gasteiger partial charge is 0.322 e. The number of hydrogen-bond donors (Lipinski definition) is 1. The van der Waals surface area contributed by atoms with Crippen LogP contribution in [-0.2, 0) is 0 Å². The number of para-hydroxylation sites is 1. The van der Waals surface area contributed by atoms with E-state index in [1.165, 1.54) is 0 Å². The fraction of sp³-hybridized carbons (Fsp3) is 0.235. The molecule has 0 aliphatic carbocycles. The molecule has 1 amide bonds. The van der Waals surface area contributed by atoms with Crippen LogP contribution in [0.2, 0.25) is 10.0 Å². The Balaban J connectivity index is 2.28. The Hall–Kier alpha value is -1.51. The van der Waals surface area contributed by atoms with Crippen molar-refractivity contribution in [1.82, 2.24) is 0 Å². The number of hydrogen-bond acceptors (Lipinski definition) is 1. The van der Waals surface area contributed by atoms with Crippen LogP contribution in [0.25, 0.3) is 0 Å². The van der Waals surface area contributed by atoms with E-state index in [0.29, 0.717) is 21.5 Å². The van der Waals surface area contributed by atoms with E-state index >= 15 is 0 Å². The van der Waals surface area contributed by atoms with E-state index in [4.69, 9.17) is 23.2 Å². The Bertz CT molecular complexity index is 655. The van der Waals surface area contributed by atoms with Gasteiger partial charge in [0.15, 0.2) is 0 Å². The molecule has 110 valence electrons. The molecule has 1 N–H and O–H groups in total. The van der Waals surface area contributed by atoms with Crippen LogP contribution in [0.4, 0.5) is 5.69 Å². The summed E-state index contributed by atoms with van der Waals surface area (Å²) >= 11 is 11.9. The number of benzene rings is 2. The Morgan fingerprint density at radius 1 is 1.19 bits per heavy atom. The van der Waals surface area contributed by atoms with E-state index in [1.807, 2.05) is 24.3 Å². The molecule has 2 aromatic rings. The van der Waals surface area contributed by atoms with Crippen LogP contribution in [0.1, 0.15) is 42.1 Å². The highest BCUT2D eigenvalue weighted by molar-refractivity contribution is 6.37. The molecule has 2 rings (SSSR count). The summed E-state index contributed by atoms with van der Waals surface area (Å²) in [7, 11) is 0. The second kappa shape index (κ2) is 6.97. The maximum atomic E-state index is 12.4. The summed E-state index contributed by atoms with van der Waals surface area (Å²) in [6, 6.07) is 12.7. The summed E-state index contributed by atoms with van der Waals surface area (Å²) in [4.78, 5) is 12.4. The number of carbonyl (C=O) groups excluding carboxylic acids is 1. The average molecular weight is 322 g/mol. The minimum atomic E-state index is -0.229. The van der Waals surface area contributed by atoms with Crippen molar-refractivity contribution < 1.29 is 4.79 Å². The van der Waals surface area contributed by atoms with Crippen LogP contribution in [0.15, 0.2) is 42.5 Å². The molecule has 2 aromatic carbocycles. The molecule has 0 spiro atoms. The lowest BCUT2D eigenvalue weighted by molar-refractivity contribution is 0.102. The van der Waals surface area contributed by atoms with Gasteiger partial charge in [-0.05, 0) is 42.2 Å². The molecule has 0 saturated heterocycles. The van der Waals surface area contributed by atoms with E-state index in [0.717, 1.165) is 17.7 Å². The van der Waals surface area contributed by atoms with Gasteiger partial charge in [0.1, 0.15) is 0 Å². The van der Waals surface area contributed by atoms with Gasteiger partial charge >= 0.3 is 0 Å². The highest BCUT2D eigenvalue weighted by Crippen LogP contribution is 2.28. The zero-order valence-electron chi connectivity index (χ0n) is 12.0. The summed E-state index contributed by atoms with van der Waals surface area (Å²) in [6.45, 7) is 4.26. The summed E-state index contributed by atoms with van der Waals surface area (Å²) in [5.41, 5.74) is 2.36. The summed E-state index contributed by atoms with van der Waals surface area (Å²) in [6.07, 6.45) is 1.01. The second-order valence-corrected chi connectivity index (χ2v) is 5.82. The second-order valence-electron chi connectivity index (χ2n) is 4.97. The molecule has 4 heteroatoms. The van der Waals surface area contributed by atoms with Crippen LogP contribution >= 0.6 is 23.2 Å². The normalized spacial score (nSPS) is 12.0. The zero-order chi connectivity index (χ0) is 15.4. The van der Waals surface area contributed by atoms with Gasteiger partial charge in [-0.1, -0.05) is 55.2 Å². The van der Waals surface area contributed by atoms with Crippen molar-refractivity contribution in [3.8, 4) is 0 Å². The number of halogens is 2.